The Kier molecular flexibility index (Phi) is 3.97. The van der Waals surface area contributed by atoms with Gasteiger partial charge in [-0.1, -0.05) is 55.3 Å². The van der Waals surface area contributed by atoms with Crippen LogP contribution in [0.25, 0.3) is 10.6 Å². The molecule has 2 rings (SSSR count). The molecule has 0 bridgehead atoms. The van der Waals surface area contributed by atoms with Crippen molar-refractivity contribution in [3.8, 4) is 10.6 Å². The minimum atomic E-state index is 0.840. The molecule has 0 amide bonds. The highest BCUT2D eigenvalue weighted by Crippen LogP contribution is 2.32. The summed E-state index contributed by atoms with van der Waals surface area (Å²) in [5.41, 5.74) is 2.20. The molecule has 1 heterocycles. The molecule has 0 aliphatic heterocycles. The minimum Gasteiger partial charge on any atom is -0.239 e. The zero-order valence-corrected chi connectivity index (χ0v) is 10.8. The predicted molar refractivity (Wildman–Crippen MR) is 71.2 cm³/mol. The van der Waals surface area contributed by atoms with Gasteiger partial charge in [-0.3, -0.25) is 0 Å². The Hall–Kier alpha value is -0.860. The van der Waals surface area contributed by atoms with Crippen molar-refractivity contribution in [2.75, 3.05) is 0 Å². The van der Waals surface area contributed by atoms with E-state index in [1.807, 2.05) is 18.2 Å². The number of nitrogens with zero attached hydrogens (tertiary/aromatic N) is 1. The Morgan fingerprint density at radius 2 is 2.00 bits per heavy atom. The van der Waals surface area contributed by atoms with Crippen molar-refractivity contribution in [1.29, 1.82) is 0 Å². The first-order valence-electron chi connectivity index (χ1n) is 5.52. The quantitative estimate of drug-likeness (QED) is 0.760. The molecular formula is C13H14ClNS. The number of aromatic nitrogens is 1. The second-order valence-corrected chi connectivity index (χ2v) is 5.31. The van der Waals surface area contributed by atoms with Gasteiger partial charge in [-0.2, -0.15) is 0 Å². The van der Waals surface area contributed by atoms with Crippen molar-refractivity contribution < 1.29 is 0 Å². The van der Waals surface area contributed by atoms with E-state index in [9.17, 15) is 0 Å². The molecule has 0 aliphatic carbocycles. The lowest BCUT2D eigenvalue weighted by Crippen LogP contribution is -1.85. The number of aryl methyl sites for hydroxylation is 1. The van der Waals surface area contributed by atoms with Crippen LogP contribution in [0.4, 0.5) is 0 Å². The van der Waals surface area contributed by atoms with Gasteiger partial charge in [0, 0.05) is 5.56 Å². The van der Waals surface area contributed by atoms with Crippen molar-refractivity contribution >= 4 is 22.9 Å². The van der Waals surface area contributed by atoms with Crippen molar-refractivity contribution in [2.24, 2.45) is 0 Å². The lowest BCUT2D eigenvalue weighted by atomic mass is 10.2. The highest BCUT2D eigenvalue weighted by molar-refractivity contribution is 7.19. The van der Waals surface area contributed by atoms with Crippen LogP contribution in [0.1, 0.15) is 25.5 Å². The van der Waals surface area contributed by atoms with Gasteiger partial charge in [0.1, 0.15) is 9.34 Å². The van der Waals surface area contributed by atoms with Crippen LogP contribution in [0.15, 0.2) is 30.3 Å². The van der Waals surface area contributed by atoms with Gasteiger partial charge in [0.05, 0.1) is 5.69 Å². The van der Waals surface area contributed by atoms with Crippen molar-refractivity contribution in [3.63, 3.8) is 0 Å². The number of rotatable bonds is 4. The normalized spacial score (nSPS) is 10.6. The largest absolute Gasteiger partial charge is 0.239 e. The van der Waals surface area contributed by atoms with Crippen LogP contribution >= 0.6 is 22.9 Å². The Morgan fingerprint density at radius 3 is 2.69 bits per heavy atom. The Bertz CT molecular complexity index is 450. The zero-order chi connectivity index (χ0) is 11.4. The SMILES string of the molecule is CCCCc1nc(-c2ccccc2)sc1Cl. The molecule has 1 aromatic heterocycles. The monoisotopic (exact) mass is 251 g/mol. The summed E-state index contributed by atoms with van der Waals surface area (Å²) in [6.07, 6.45) is 3.31. The number of benzene rings is 1. The van der Waals surface area contributed by atoms with Crippen molar-refractivity contribution in [3.05, 3.63) is 40.4 Å². The van der Waals surface area contributed by atoms with Gasteiger partial charge in [0.25, 0.3) is 0 Å². The first kappa shape index (κ1) is 11.6. The molecule has 0 fully saturated rings. The van der Waals surface area contributed by atoms with E-state index in [0.29, 0.717) is 0 Å². The third kappa shape index (κ3) is 2.63. The lowest BCUT2D eigenvalue weighted by molar-refractivity contribution is 0.782. The van der Waals surface area contributed by atoms with Crippen molar-refractivity contribution in [2.45, 2.75) is 26.2 Å². The van der Waals surface area contributed by atoms with Crippen molar-refractivity contribution in [1.82, 2.24) is 4.98 Å². The van der Waals surface area contributed by atoms with E-state index in [1.54, 1.807) is 11.3 Å². The summed E-state index contributed by atoms with van der Waals surface area (Å²) in [7, 11) is 0. The number of hydrogen-bond donors (Lipinski definition) is 0. The van der Waals surface area contributed by atoms with Crippen LogP contribution in [0.5, 0.6) is 0 Å². The van der Waals surface area contributed by atoms with Crippen LogP contribution in [0.3, 0.4) is 0 Å². The molecule has 0 N–H and O–H groups in total. The second kappa shape index (κ2) is 5.46. The van der Waals surface area contributed by atoms with Gasteiger partial charge in [-0.15, -0.1) is 11.3 Å². The first-order valence-corrected chi connectivity index (χ1v) is 6.71. The molecule has 0 saturated carbocycles. The standard InChI is InChI=1S/C13H14ClNS/c1-2-3-9-11-12(14)16-13(15-11)10-7-5-4-6-8-10/h4-8H,2-3,9H2,1H3. The molecule has 16 heavy (non-hydrogen) atoms. The van der Waals surface area contributed by atoms with Gasteiger partial charge in [-0.05, 0) is 12.8 Å². The summed E-state index contributed by atoms with van der Waals surface area (Å²) in [6.45, 7) is 2.18. The van der Waals surface area contributed by atoms with Crippen LogP contribution in [-0.4, -0.2) is 4.98 Å². The average molecular weight is 252 g/mol. The van der Waals surface area contributed by atoms with Gasteiger partial charge in [0.15, 0.2) is 0 Å². The third-order valence-electron chi connectivity index (χ3n) is 2.44. The van der Waals surface area contributed by atoms with Crippen LogP contribution in [0.2, 0.25) is 4.34 Å². The summed E-state index contributed by atoms with van der Waals surface area (Å²) in [5.74, 6) is 0. The van der Waals surface area contributed by atoms with E-state index in [2.05, 4.69) is 24.0 Å². The summed E-state index contributed by atoms with van der Waals surface area (Å²) in [6, 6.07) is 10.2. The maximum absolute atomic E-state index is 6.19. The summed E-state index contributed by atoms with van der Waals surface area (Å²) >= 11 is 7.76. The number of unbranched alkanes of at least 4 members (excludes halogenated alkanes) is 1. The molecule has 2 aromatic rings. The molecule has 84 valence electrons. The highest BCUT2D eigenvalue weighted by atomic mass is 35.5. The maximum atomic E-state index is 6.19. The summed E-state index contributed by atoms with van der Waals surface area (Å²) in [5, 5.41) is 1.02. The molecule has 3 heteroatoms. The Balaban J connectivity index is 2.24. The fourth-order valence-electron chi connectivity index (χ4n) is 1.54. The smallest absolute Gasteiger partial charge is 0.125 e. The van der Waals surface area contributed by atoms with E-state index in [4.69, 9.17) is 11.6 Å². The number of thiazole rings is 1. The molecule has 1 nitrogen and oxygen atoms in total. The molecule has 1 aromatic carbocycles. The van der Waals surface area contributed by atoms with E-state index in [0.717, 1.165) is 33.4 Å². The molecule has 0 aliphatic rings. The van der Waals surface area contributed by atoms with Gasteiger partial charge < -0.3 is 0 Å². The van der Waals surface area contributed by atoms with E-state index < -0.39 is 0 Å². The predicted octanol–water partition coefficient (Wildman–Crippen LogP) is 4.81. The Labute approximate surface area is 105 Å². The zero-order valence-electron chi connectivity index (χ0n) is 9.24. The fourth-order valence-corrected chi connectivity index (χ4v) is 2.74. The second-order valence-electron chi connectivity index (χ2n) is 3.71. The van der Waals surface area contributed by atoms with Gasteiger partial charge >= 0.3 is 0 Å². The third-order valence-corrected chi connectivity index (χ3v) is 3.82. The number of hydrogen-bond acceptors (Lipinski definition) is 2. The van der Waals surface area contributed by atoms with Gasteiger partial charge in [0.2, 0.25) is 0 Å². The molecule has 0 spiro atoms. The minimum absolute atomic E-state index is 0.840. The highest BCUT2D eigenvalue weighted by Gasteiger charge is 2.09. The summed E-state index contributed by atoms with van der Waals surface area (Å²) < 4.78 is 0.840. The van der Waals surface area contributed by atoms with E-state index in [1.165, 1.54) is 6.42 Å². The molecule has 0 radical (unpaired) electrons. The topological polar surface area (TPSA) is 12.9 Å². The molecule has 0 saturated heterocycles. The molecule has 0 unspecified atom stereocenters. The van der Waals surface area contributed by atoms with Crippen LogP contribution in [0, 0.1) is 0 Å². The average Bonchev–Trinajstić information content (AvgIpc) is 2.69. The lowest BCUT2D eigenvalue weighted by Gasteiger charge is -1.94. The van der Waals surface area contributed by atoms with E-state index in [-0.39, 0.29) is 0 Å². The first-order chi connectivity index (χ1) is 7.81. The van der Waals surface area contributed by atoms with E-state index >= 15 is 0 Å². The summed E-state index contributed by atoms with van der Waals surface area (Å²) in [4.78, 5) is 4.60. The number of halogens is 1. The van der Waals surface area contributed by atoms with Gasteiger partial charge in [-0.25, -0.2) is 4.98 Å². The fraction of sp³-hybridized carbons (Fsp3) is 0.308. The van der Waals surface area contributed by atoms with Crippen LogP contribution in [-0.2, 0) is 6.42 Å². The molecule has 0 atom stereocenters. The van der Waals surface area contributed by atoms with Crippen LogP contribution < -0.4 is 0 Å². The Morgan fingerprint density at radius 1 is 1.25 bits per heavy atom. The maximum Gasteiger partial charge on any atom is 0.125 e. The molecular weight excluding hydrogens is 238 g/mol.